The number of anilines is 3. The van der Waals surface area contributed by atoms with Gasteiger partial charge in [-0.1, -0.05) is 188 Å². The molecule has 0 aliphatic heterocycles. The van der Waals surface area contributed by atoms with Crippen LogP contribution in [0.1, 0.15) is 0 Å². The number of hydrogen-bond acceptors (Lipinski definition) is 4. The highest BCUT2D eigenvalue weighted by atomic mass is 15.1. The SMILES string of the molecule is c1ccc(-c2ccc(-c3nc(-c4ccccc4)cc(-c4cccc5ccc6c(-c7ccccc7)nc7cc(N(c8ccccc8)c8ccccc8)ccc7c6c45)n3)cc2)cc1. The number of para-hydroxylation sites is 2. The summed E-state index contributed by atoms with van der Waals surface area (Å²) < 4.78 is 0. The van der Waals surface area contributed by atoms with Crippen molar-refractivity contribution in [2.45, 2.75) is 0 Å². The minimum atomic E-state index is 0.677. The number of rotatable bonds is 8. The highest BCUT2D eigenvalue weighted by molar-refractivity contribution is 6.26. The Kier molecular flexibility index (Phi) is 9.14. The van der Waals surface area contributed by atoms with Crippen molar-refractivity contribution in [2.24, 2.45) is 0 Å². The van der Waals surface area contributed by atoms with Crippen molar-refractivity contribution < 1.29 is 0 Å². The van der Waals surface area contributed by atoms with Gasteiger partial charge in [-0.3, -0.25) is 0 Å². The zero-order valence-electron chi connectivity index (χ0n) is 33.2. The lowest BCUT2D eigenvalue weighted by Gasteiger charge is -2.26. The van der Waals surface area contributed by atoms with Gasteiger partial charge in [0.2, 0.25) is 0 Å². The van der Waals surface area contributed by atoms with Crippen molar-refractivity contribution in [1.82, 2.24) is 15.0 Å². The van der Waals surface area contributed by atoms with Crippen molar-refractivity contribution in [2.75, 3.05) is 4.90 Å². The van der Waals surface area contributed by atoms with E-state index in [2.05, 4.69) is 223 Å². The second kappa shape index (κ2) is 15.5. The Morgan fingerprint density at radius 3 is 1.51 bits per heavy atom. The Balaban J connectivity index is 1.17. The predicted octanol–water partition coefficient (Wildman–Crippen LogP) is 15.1. The normalized spacial score (nSPS) is 11.3. The van der Waals surface area contributed by atoms with E-state index in [-0.39, 0.29) is 0 Å². The number of aromatic nitrogens is 3. The highest BCUT2D eigenvalue weighted by Crippen LogP contribution is 2.43. The fourth-order valence-electron chi connectivity index (χ4n) is 8.54. The summed E-state index contributed by atoms with van der Waals surface area (Å²) >= 11 is 0. The van der Waals surface area contributed by atoms with E-state index >= 15 is 0 Å². The topological polar surface area (TPSA) is 41.9 Å². The minimum absolute atomic E-state index is 0.677. The molecule has 2 heterocycles. The molecule has 0 unspecified atom stereocenters. The first kappa shape index (κ1) is 35.9. The van der Waals surface area contributed by atoms with E-state index in [0.29, 0.717) is 5.82 Å². The maximum Gasteiger partial charge on any atom is 0.160 e. The van der Waals surface area contributed by atoms with Crippen LogP contribution in [-0.2, 0) is 0 Å². The van der Waals surface area contributed by atoms with Crippen LogP contribution in [0.3, 0.4) is 0 Å². The molecule has 0 N–H and O–H groups in total. The molecule has 0 spiro atoms. The van der Waals surface area contributed by atoms with Crippen LogP contribution in [-0.4, -0.2) is 15.0 Å². The summed E-state index contributed by atoms with van der Waals surface area (Å²) in [6.45, 7) is 0. The van der Waals surface area contributed by atoms with Gasteiger partial charge in [-0.2, -0.15) is 0 Å². The molecular weight excluding hydrogens is 741 g/mol. The van der Waals surface area contributed by atoms with E-state index in [1.807, 2.05) is 12.1 Å². The standard InChI is InChI=1S/C57H38N4/c1-6-17-39(18-7-1)40-29-31-44(32-30-40)57-59-51(41-19-8-2-9-20-41)38-53(60-57)48-28-16-23-42-33-35-50-55(54(42)48)49-36-34-47(37-52(49)58-56(50)43-21-10-3-11-22-43)61(45-24-12-4-13-25-45)46-26-14-5-15-27-46/h1-38H. The van der Waals surface area contributed by atoms with Gasteiger partial charge in [0.05, 0.1) is 22.6 Å². The molecule has 0 radical (unpaired) electrons. The summed E-state index contributed by atoms with van der Waals surface area (Å²) in [7, 11) is 0. The monoisotopic (exact) mass is 778 g/mol. The van der Waals surface area contributed by atoms with Crippen LogP contribution in [0.25, 0.3) is 88.7 Å². The first-order valence-corrected chi connectivity index (χ1v) is 20.6. The third kappa shape index (κ3) is 6.76. The third-order valence-electron chi connectivity index (χ3n) is 11.4. The molecule has 11 aromatic rings. The number of benzene rings is 9. The molecule has 0 aliphatic rings. The number of fused-ring (bicyclic) bond motifs is 5. The van der Waals surface area contributed by atoms with E-state index in [1.165, 1.54) is 5.56 Å². The Morgan fingerprint density at radius 1 is 0.311 bits per heavy atom. The number of nitrogens with zero attached hydrogens (tertiary/aromatic N) is 4. The second-order valence-corrected chi connectivity index (χ2v) is 15.2. The van der Waals surface area contributed by atoms with E-state index in [9.17, 15) is 0 Å². The molecule has 61 heavy (non-hydrogen) atoms. The Hall–Kier alpha value is -8.21. The van der Waals surface area contributed by atoms with Crippen LogP contribution in [0, 0.1) is 0 Å². The zero-order chi connectivity index (χ0) is 40.5. The van der Waals surface area contributed by atoms with Gasteiger partial charge in [0.15, 0.2) is 5.82 Å². The second-order valence-electron chi connectivity index (χ2n) is 15.2. The third-order valence-corrected chi connectivity index (χ3v) is 11.4. The predicted molar refractivity (Wildman–Crippen MR) is 254 cm³/mol. The summed E-state index contributed by atoms with van der Waals surface area (Å²) in [6.07, 6.45) is 0. The van der Waals surface area contributed by atoms with Gasteiger partial charge >= 0.3 is 0 Å². The van der Waals surface area contributed by atoms with Crippen molar-refractivity contribution in [3.63, 3.8) is 0 Å². The highest BCUT2D eigenvalue weighted by Gasteiger charge is 2.20. The van der Waals surface area contributed by atoms with Gasteiger partial charge in [-0.05, 0) is 64.4 Å². The molecule has 4 heteroatoms. The Labute approximate surface area is 354 Å². The van der Waals surface area contributed by atoms with Gasteiger partial charge in [0.1, 0.15) is 0 Å². The fourth-order valence-corrected chi connectivity index (χ4v) is 8.54. The summed E-state index contributed by atoms with van der Waals surface area (Å²) in [5.74, 6) is 0.677. The zero-order valence-corrected chi connectivity index (χ0v) is 33.2. The molecule has 0 aliphatic carbocycles. The molecule has 9 aromatic carbocycles. The van der Waals surface area contributed by atoms with Crippen molar-refractivity contribution in [1.29, 1.82) is 0 Å². The van der Waals surface area contributed by atoms with Crippen LogP contribution >= 0.6 is 0 Å². The quantitative estimate of drug-likeness (QED) is 0.144. The molecule has 0 fully saturated rings. The van der Waals surface area contributed by atoms with Gasteiger partial charge in [-0.25, -0.2) is 15.0 Å². The van der Waals surface area contributed by atoms with E-state index in [4.69, 9.17) is 15.0 Å². The van der Waals surface area contributed by atoms with Crippen LogP contribution in [0.4, 0.5) is 17.1 Å². The number of pyridine rings is 1. The molecule has 0 bridgehead atoms. The van der Waals surface area contributed by atoms with Crippen LogP contribution < -0.4 is 4.90 Å². The van der Waals surface area contributed by atoms with E-state index in [1.54, 1.807) is 0 Å². The molecule has 2 aromatic heterocycles. The molecule has 0 amide bonds. The van der Waals surface area contributed by atoms with Crippen molar-refractivity contribution >= 4 is 49.5 Å². The lowest BCUT2D eigenvalue weighted by atomic mass is 9.91. The average molecular weight is 779 g/mol. The minimum Gasteiger partial charge on any atom is -0.310 e. The lowest BCUT2D eigenvalue weighted by Crippen LogP contribution is -2.09. The fraction of sp³-hybridized carbons (Fsp3) is 0. The molecule has 0 saturated carbocycles. The van der Waals surface area contributed by atoms with Gasteiger partial charge in [0.25, 0.3) is 0 Å². The lowest BCUT2D eigenvalue weighted by molar-refractivity contribution is 1.19. The molecule has 0 saturated heterocycles. The number of hydrogen-bond donors (Lipinski definition) is 0. The first-order chi connectivity index (χ1) is 30.2. The smallest absolute Gasteiger partial charge is 0.160 e. The molecule has 286 valence electrons. The summed E-state index contributed by atoms with van der Waals surface area (Å²) in [6, 6.07) is 80.9. The largest absolute Gasteiger partial charge is 0.310 e. The van der Waals surface area contributed by atoms with Gasteiger partial charge < -0.3 is 4.90 Å². The summed E-state index contributed by atoms with van der Waals surface area (Å²) in [5.41, 5.74) is 13.2. The molecule has 11 rings (SSSR count). The molecule has 0 atom stereocenters. The first-order valence-electron chi connectivity index (χ1n) is 20.6. The summed E-state index contributed by atoms with van der Waals surface area (Å²) in [5, 5.41) is 5.56. The van der Waals surface area contributed by atoms with Crippen molar-refractivity contribution in [3.8, 4) is 56.3 Å². The van der Waals surface area contributed by atoms with Crippen LogP contribution in [0.2, 0.25) is 0 Å². The van der Waals surface area contributed by atoms with E-state index < -0.39 is 0 Å². The van der Waals surface area contributed by atoms with Crippen LogP contribution in [0.15, 0.2) is 231 Å². The summed E-state index contributed by atoms with van der Waals surface area (Å²) in [4.78, 5) is 18.4. The van der Waals surface area contributed by atoms with Gasteiger partial charge in [0, 0.05) is 55.5 Å². The maximum absolute atomic E-state index is 5.50. The molecule has 4 nitrogen and oxygen atoms in total. The molecular formula is C57H38N4. The van der Waals surface area contributed by atoms with Gasteiger partial charge in [-0.15, -0.1) is 0 Å². The van der Waals surface area contributed by atoms with E-state index in [0.717, 1.165) is 94.4 Å². The Bertz CT molecular complexity index is 3280. The van der Waals surface area contributed by atoms with Crippen LogP contribution in [0.5, 0.6) is 0 Å². The Morgan fingerprint density at radius 2 is 0.852 bits per heavy atom. The maximum atomic E-state index is 5.50. The van der Waals surface area contributed by atoms with Crippen molar-refractivity contribution in [3.05, 3.63) is 231 Å². The average Bonchev–Trinajstić information content (AvgIpc) is 3.35.